The number of hydrogen-bond acceptors (Lipinski definition) is 2. The first-order valence-electron chi connectivity index (χ1n) is 3.50. The largest absolute Gasteiger partial charge is 0.351 e. The van der Waals surface area contributed by atoms with Gasteiger partial charge in [-0.1, -0.05) is 0 Å². The standard InChI is InChI=1S/C7H14ClNOS/c1-5(8)6(2)9-7(10)4-11-3/h5-6H,4H2,1-3H3,(H,9,10). The summed E-state index contributed by atoms with van der Waals surface area (Å²) in [6.45, 7) is 3.77. The molecule has 0 radical (unpaired) electrons. The quantitative estimate of drug-likeness (QED) is 0.689. The van der Waals surface area contributed by atoms with Gasteiger partial charge in [0.05, 0.1) is 11.1 Å². The molecule has 0 bridgehead atoms. The van der Waals surface area contributed by atoms with Crippen molar-refractivity contribution in [3.05, 3.63) is 0 Å². The van der Waals surface area contributed by atoms with Gasteiger partial charge in [0, 0.05) is 6.04 Å². The van der Waals surface area contributed by atoms with Gasteiger partial charge in [0.15, 0.2) is 0 Å². The van der Waals surface area contributed by atoms with Crippen LogP contribution >= 0.6 is 23.4 Å². The first kappa shape index (κ1) is 11.1. The van der Waals surface area contributed by atoms with Crippen LogP contribution in [-0.2, 0) is 4.79 Å². The Morgan fingerprint density at radius 3 is 2.55 bits per heavy atom. The molecule has 2 nitrogen and oxygen atoms in total. The lowest BCUT2D eigenvalue weighted by atomic mass is 10.2. The Kier molecular flexibility index (Phi) is 5.78. The van der Waals surface area contributed by atoms with E-state index in [0.29, 0.717) is 5.75 Å². The van der Waals surface area contributed by atoms with Crippen LogP contribution in [0, 0.1) is 0 Å². The monoisotopic (exact) mass is 195 g/mol. The van der Waals surface area contributed by atoms with Crippen LogP contribution in [0.25, 0.3) is 0 Å². The highest BCUT2D eigenvalue weighted by molar-refractivity contribution is 7.99. The third kappa shape index (κ3) is 5.39. The topological polar surface area (TPSA) is 29.1 Å². The predicted molar refractivity (Wildman–Crippen MR) is 51.3 cm³/mol. The van der Waals surface area contributed by atoms with Crippen molar-refractivity contribution in [2.24, 2.45) is 0 Å². The molecule has 0 rings (SSSR count). The second-order valence-electron chi connectivity index (χ2n) is 2.47. The lowest BCUT2D eigenvalue weighted by Gasteiger charge is -2.15. The van der Waals surface area contributed by atoms with Crippen LogP contribution in [0.1, 0.15) is 13.8 Å². The average molecular weight is 196 g/mol. The minimum atomic E-state index is -0.0131. The summed E-state index contributed by atoms with van der Waals surface area (Å²) in [5.74, 6) is 0.561. The molecule has 0 aliphatic carbocycles. The lowest BCUT2D eigenvalue weighted by molar-refractivity contribution is -0.119. The minimum absolute atomic E-state index is 0.0131. The van der Waals surface area contributed by atoms with Crippen molar-refractivity contribution in [2.75, 3.05) is 12.0 Å². The predicted octanol–water partition coefficient (Wildman–Crippen LogP) is 1.48. The van der Waals surface area contributed by atoms with E-state index in [1.54, 1.807) is 0 Å². The van der Waals surface area contributed by atoms with Crippen LogP contribution in [-0.4, -0.2) is 29.3 Å². The molecule has 4 heteroatoms. The number of nitrogens with one attached hydrogen (secondary N) is 1. The molecule has 1 amide bonds. The average Bonchev–Trinajstić information content (AvgIpc) is 1.87. The number of halogens is 1. The van der Waals surface area contributed by atoms with Crippen LogP contribution in [0.5, 0.6) is 0 Å². The fourth-order valence-corrected chi connectivity index (χ4v) is 0.950. The van der Waals surface area contributed by atoms with E-state index >= 15 is 0 Å². The van der Waals surface area contributed by atoms with Crippen LogP contribution in [0.2, 0.25) is 0 Å². The number of rotatable bonds is 4. The first-order chi connectivity index (χ1) is 5.07. The fourth-order valence-electron chi connectivity index (χ4n) is 0.542. The van der Waals surface area contributed by atoms with E-state index in [1.807, 2.05) is 20.1 Å². The number of amides is 1. The summed E-state index contributed by atoms with van der Waals surface area (Å²) < 4.78 is 0. The smallest absolute Gasteiger partial charge is 0.230 e. The highest BCUT2D eigenvalue weighted by Crippen LogP contribution is 2.00. The number of thioether (sulfide) groups is 1. The van der Waals surface area contributed by atoms with Gasteiger partial charge in [-0.3, -0.25) is 4.79 Å². The Hall–Kier alpha value is 0.110. The van der Waals surface area contributed by atoms with Gasteiger partial charge >= 0.3 is 0 Å². The van der Waals surface area contributed by atoms with Crippen molar-refractivity contribution in [3.8, 4) is 0 Å². The van der Waals surface area contributed by atoms with Crippen molar-refractivity contribution in [3.63, 3.8) is 0 Å². The van der Waals surface area contributed by atoms with Gasteiger partial charge in [0.25, 0.3) is 0 Å². The molecule has 0 aromatic rings. The molecular weight excluding hydrogens is 182 g/mol. The van der Waals surface area contributed by atoms with E-state index in [0.717, 1.165) is 0 Å². The normalized spacial score (nSPS) is 15.6. The van der Waals surface area contributed by atoms with E-state index < -0.39 is 0 Å². The van der Waals surface area contributed by atoms with Gasteiger partial charge < -0.3 is 5.32 Å². The summed E-state index contributed by atoms with van der Waals surface area (Å²) in [6.07, 6.45) is 1.90. The number of carbonyl (C=O) groups is 1. The molecule has 0 spiro atoms. The Morgan fingerprint density at radius 2 is 2.18 bits per heavy atom. The maximum atomic E-state index is 11.0. The van der Waals surface area contributed by atoms with Crippen LogP contribution in [0.3, 0.4) is 0 Å². The third-order valence-corrected chi connectivity index (χ3v) is 2.28. The number of alkyl halides is 1. The molecule has 1 N–H and O–H groups in total. The van der Waals surface area contributed by atoms with Crippen LogP contribution in [0.15, 0.2) is 0 Å². The molecule has 0 saturated heterocycles. The molecule has 0 aliphatic rings. The van der Waals surface area contributed by atoms with Crippen molar-refractivity contribution >= 4 is 29.3 Å². The van der Waals surface area contributed by atoms with Crippen LogP contribution in [0.4, 0.5) is 0 Å². The van der Waals surface area contributed by atoms with E-state index in [4.69, 9.17) is 11.6 Å². The van der Waals surface area contributed by atoms with Crippen molar-refractivity contribution < 1.29 is 4.79 Å². The lowest BCUT2D eigenvalue weighted by Crippen LogP contribution is -2.38. The summed E-state index contributed by atoms with van der Waals surface area (Å²) in [4.78, 5) is 11.0. The number of hydrogen-bond donors (Lipinski definition) is 1. The van der Waals surface area contributed by atoms with E-state index in [9.17, 15) is 4.79 Å². The molecule has 0 saturated carbocycles. The SMILES string of the molecule is CSCC(=O)NC(C)C(C)Cl. The maximum Gasteiger partial charge on any atom is 0.230 e. The summed E-state index contributed by atoms with van der Waals surface area (Å²) in [5, 5.41) is 2.78. The number of carbonyl (C=O) groups excluding carboxylic acids is 1. The third-order valence-electron chi connectivity index (χ3n) is 1.35. The Balaban J connectivity index is 3.57. The molecule has 66 valence electrons. The fraction of sp³-hybridized carbons (Fsp3) is 0.857. The van der Waals surface area contributed by atoms with E-state index in [-0.39, 0.29) is 17.3 Å². The van der Waals surface area contributed by atoms with Gasteiger partial charge in [0.2, 0.25) is 5.91 Å². The van der Waals surface area contributed by atoms with Gasteiger partial charge in [-0.2, -0.15) is 11.8 Å². The molecule has 2 unspecified atom stereocenters. The van der Waals surface area contributed by atoms with Gasteiger partial charge in [-0.05, 0) is 20.1 Å². The highest BCUT2D eigenvalue weighted by atomic mass is 35.5. The Labute approximate surface area is 77.1 Å². The van der Waals surface area contributed by atoms with E-state index in [1.165, 1.54) is 11.8 Å². The molecule has 0 aromatic carbocycles. The summed E-state index contributed by atoms with van der Waals surface area (Å²) >= 11 is 7.26. The molecule has 0 aliphatic heterocycles. The highest BCUT2D eigenvalue weighted by Gasteiger charge is 2.10. The van der Waals surface area contributed by atoms with Crippen molar-refractivity contribution in [1.29, 1.82) is 0 Å². The second-order valence-corrected chi connectivity index (χ2v) is 4.02. The summed E-state index contributed by atoms with van der Waals surface area (Å²) in [7, 11) is 0. The molecule has 11 heavy (non-hydrogen) atoms. The van der Waals surface area contributed by atoms with Gasteiger partial charge in [-0.25, -0.2) is 0 Å². The zero-order valence-corrected chi connectivity index (χ0v) is 8.63. The Morgan fingerprint density at radius 1 is 1.64 bits per heavy atom. The molecule has 0 heterocycles. The molecule has 0 fully saturated rings. The van der Waals surface area contributed by atoms with Crippen LogP contribution < -0.4 is 5.32 Å². The van der Waals surface area contributed by atoms with E-state index in [2.05, 4.69) is 5.32 Å². The Bertz CT molecular complexity index is 130. The van der Waals surface area contributed by atoms with Gasteiger partial charge in [0.1, 0.15) is 0 Å². The summed E-state index contributed by atoms with van der Waals surface area (Å²) in [5.41, 5.74) is 0. The first-order valence-corrected chi connectivity index (χ1v) is 5.33. The molecular formula is C7H14ClNOS. The van der Waals surface area contributed by atoms with Crippen molar-refractivity contribution in [2.45, 2.75) is 25.3 Å². The molecule has 2 atom stereocenters. The second kappa shape index (κ2) is 5.72. The van der Waals surface area contributed by atoms with Crippen molar-refractivity contribution in [1.82, 2.24) is 5.32 Å². The zero-order valence-electron chi connectivity index (χ0n) is 7.06. The summed E-state index contributed by atoms with van der Waals surface area (Å²) in [6, 6.07) is 0.0521. The molecule has 0 aromatic heterocycles. The zero-order chi connectivity index (χ0) is 8.85. The minimum Gasteiger partial charge on any atom is -0.351 e. The maximum absolute atomic E-state index is 11.0. The van der Waals surface area contributed by atoms with Gasteiger partial charge in [-0.15, -0.1) is 11.6 Å².